The average molecular weight is 306 g/mol. The first kappa shape index (κ1) is 11.5. The minimum atomic E-state index is -0.202. The van der Waals surface area contributed by atoms with Gasteiger partial charge in [0.1, 0.15) is 5.76 Å². The van der Waals surface area contributed by atoms with Crippen LogP contribution in [-0.4, -0.2) is 9.55 Å². The first-order chi connectivity index (χ1) is 8.75. The highest BCUT2D eigenvalue weighted by Gasteiger charge is 2.15. The van der Waals surface area contributed by atoms with E-state index in [1.165, 1.54) is 0 Å². The minimum Gasteiger partial charge on any atom is -0.466 e. The van der Waals surface area contributed by atoms with Crippen molar-refractivity contribution in [3.63, 3.8) is 0 Å². The summed E-state index contributed by atoms with van der Waals surface area (Å²) < 4.78 is 8.32. The maximum absolute atomic E-state index is 6.15. The first-order valence-corrected chi connectivity index (χ1v) is 6.43. The molecule has 0 amide bonds. The van der Waals surface area contributed by atoms with Gasteiger partial charge in [0.2, 0.25) is 0 Å². The van der Waals surface area contributed by atoms with Crippen LogP contribution in [0.2, 0.25) is 0 Å². The fourth-order valence-corrected chi connectivity index (χ4v) is 2.52. The largest absolute Gasteiger partial charge is 0.466 e. The Balaban J connectivity index is 1.91. The summed E-state index contributed by atoms with van der Waals surface area (Å²) in [6.45, 7) is 0.632. The van der Waals surface area contributed by atoms with E-state index in [0.717, 1.165) is 21.3 Å². The van der Waals surface area contributed by atoms with Crippen molar-refractivity contribution in [1.29, 1.82) is 0 Å². The number of fused-ring (bicyclic) bond motifs is 1. The summed E-state index contributed by atoms with van der Waals surface area (Å²) in [6, 6.07) is 9.64. The monoisotopic (exact) mass is 305 g/mol. The molecule has 3 rings (SSSR count). The van der Waals surface area contributed by atoms with Gasteiger partial charge in [-0.05, 0) is 34.1 Å². The molecule has 0 aliphatic rings. The van der Waals surface area contributed by atoms with Crippen molar-refractivity contribution in [2.24, 2.45) is 5.73 Å². The molecule has 0 saturated carbocycles. The molecule has 0 spiro atoms. The molecule has 3 aromatic rings. The van der Waals surface area contributed by atoms with Gasteiger partial charge >= 0.3 is 0 Å². The molecule has 2 N–H and O–H groups in total. The molecule has 0 bridgehead atoms. The number of hydrogen-bond donors (Lipinski definition) is 1. The molecule has 0 aliphatic carbocycles. The zero-order chi connectivity index (χ0) is 12.5. The molecular formula is C13H12BrN3O. The van der Waals surface area contributed by atoms with Crippen LogP contribution < -0.4 is 5.73 Å². The second kappa shape index (κ2) is 4.59. The number of furan rings is 1. The van der Waals surface area contributed by atoms with Crippen molar-refractivity contribution in [3.8, 4) is 0 Å². The number of aromatic nitrogens is 2. The molecule has 1 aromatic carbocycles. The van der Waals surface area contributed by atoms with Crippen molar-refractivity contribution in [2.75, 3.05) is 0 Å². The molecule has 1 atom stereocenters. The summed E-state index contributed by atoms with van der Waals surface area (Å²) in [7, 11) is 0. The van der Waals surface area contributed by atoms with Crippen LogP contribution in [0.4, 0.5) is 0 Å². The Bertz CT molecular complexity index is 673. The lowest BCUT2D eigenvalue weighted by molar-refractivity contribution is 0.435. The average Bonchev–Trinajstić information content (AvgIpc) is 2.97. The van der Waals surface area contributed by atoms with Crippen LogP contribution in [0.25, 0.3) is 11.0 Å². The van der Waals surface area contributed by atoms with Crippen LogP contribution in [0.5, 0.6) is 0 Å². The zero-order valence-corrected chi connectivity index (χ0v) is 11.2. The molecule has 5 heteroatoms. The maximum atomic E-state index is 6.15. The SMILES string of the molecule is NC(Cn1cnc2ccccc21)c1occc1Br. The van der Waals surface area contributed by atoms with Crippen LogP contribution >= 0.6 is 15.9 Å². The van der Waals surface area contributed by atoms with E-state index in [4.69, 9.17) is 10.2 Å². The second-order valence-electron chi connectivity index (χ2n) is 4.12. The van der Waals surface area contributed by atoms with Gasteiger partial charge in [-0.3, -0.25) is 0 Å². The van der Waals surface area contributed by atoms with Crippen molar-refractivity contribution in [3.05, 3.63) is 53.2 Å². The summed E-state index contributed by atoms with van der Waals surface area (Å²) in [6.07, 6.45) is 3.44. The number of nitrogens with two attached hydrogens (primary N) is 1. The van der Waals surface area contributed by atoms with Crippen molar-refractivity contribution in [1.82, 2.24) is 9.55 Å². The Hall–Kier alpha value is -1.59. The van der Waals surface area contributed by atoms with Crippen LogP contribution in [0, 0.1) is 0 Å². The van der Waals surface area contributed by atoms with E-state index in [1.807, 2.05) is 34.9 Å². The van der Waals surface area contributed by atoms with Crippen molar-refractivity contribution < 1.29 is 4.42 Å². The van der Waals surface area contributed by atoms with Gasteiger partial charge in [0.15, 0.2) is 0 Å². The van der Waals surface area contributed by atoms with Crippen LogP contribution in [-0.2, 0) is 6.54 Å². The van der Waals surface area contributed by atoms with Crippen LogP contribution in [0.3, 0.4) is 0 Å². The highest BCUT2D eigenvalue weighted by atomic mass is 79.9. The standard InChI is InChI=1S/C13H12BrN3O/c14-9-5-6-18-13(9)10(15)7-17-8-16-11-3-1-2-4-12(11)17/h1-6,8,10H,7,15H2. The Morgan fingerprint density at radius 1 is 1.33 bits per heavy atom. The lowest BCUT2D eigenvalue weighted by atomic mass is 10.2. The number of benzene rings is 1. The van der Waals surface area contributed by atoms with Gasteiger partial charge in [-0.15, -0.1) is 0 Å². The zero-order valence-electron chi connectivity index (χ0n) is 9.58. The van der Waals surface area contributed by atoms with Crippen LogP contribution in [0.1, 0.15) is 11.8 Å². The van der Waals surface area contributed by atoms with E-state index >= 15 is 0 Å². The molecule has 0 fully saturated rings. The Kier molecular flexibility index (Phi) is 2.93. The molecule has 0 aliphatic heterocycles. The van der Waals surface area contributed by atoms with Gasteiger partial charge in [0.05, 0.1) is 34.1 Å². The topological polar surface area (TPSA) is 57.0 Å². The highest BCUT2D eigenvalue weighted by molar-refractivity contribution is 9.10. The van der Waals surface area contributed by atoms with E-state index < -0.39 is 0 Å². The molecular weight excluding hydrogens is 294 g/mol. The van der Waals surface area contributed by atoms with E-state index in [0.29, 0.717) is 6.54 Å². The number of rotatable bonds is 3. The number of para-hydroxylation sites is 2. The highest BCUT2D eigenvalue weighted by Crippen LogP contribution is 2.25. The fourth-order valence-electron chi connectivity index (χ4n) is 2.02. The minimum absolute atomic E-state index is 0.202. The molecule has 2 heterocycles. The molecule has 1 unspecified atom stereocenters. The van der Waals surface area contributed by atoms with Gasteiger partial charge < -0.3 is 14.7 Å². The number of halogens is 1. The maximum Gasteiger partial charge on any atom is 0.136 e. The third kappa shape index (κ3) is 1.95. The van der Waals surface area contributed by atoms with Gasteiger partial charge in [-0.1, -0.05) is 12.1 Å². The lowest BCUT2D eigenvalue weighted by Crippen LogP contribution is -2.16. The molecule has 4 nitrogen and oxygen atoms in total. The smallest absolute Gasteiger partial charge is 0.136 e. The fraction of sp³-hybridized carbons (Fsp3) is 0.154. The van der Waals surface area contributed by atoms with E-state index in [9.17, 15) is 0 Å². The first-order valence-electron chi connectivity index (χ1n) is 5.64. The number of nitrogens with zero attached hydrogens (tertiary/aromatic N) is 2. The summed E-state index contributed by atoms with van der Waals surface area (Å²) in [5.74, 6) is 0.757. The molecule has 0 saturated heterocycles. The Morgan fingerprint density at radius 3 is 2.94 bits per heavy atom. The van der Waals surface area contributed by atoms with Gasteiger partial charge in [0, 0.05) is 6.54 Å². The number of imidazole rings is 1. The predicted octanol–water partition coefficient (Wildman–Crippen LogP) is 3.09. The van der Waals surface area contributed by atoms with Gasteiger partial charge in [-0.25, -0.2) is 4.98 Å². The summed E-state index contributed by atoms with van der Waals surface area (Å²) in [5.41, 5.74) is 8.20. The van der Waals surface area contributed by atoms with Gasteiger partial charge in [0.25, 0.3) is 0 Å². The summed E-state index contributed by atoms with van der Waals surface area (Å²) in [4.78, 5) is 4.34. The predicted molar refractivity (Wildman–Crippen MR) is 73.1 cm³/mol. The molecule has 2 aromatic heterocycles. The van der Waals surface area contributed by atoms with E-state index in [-0.39, 0.29) is 6.04 Å². The third-order valence-electron chi connectivity index (χ3n) is 2.90. The lowest BCUT2D eigenvalue weighted by Gasteiger charge is -2.11. The normalized spacial score (nSPS) is 13.0. The van der Waals surface area contributed by atoms with Gasteiger partial charge in [-0.2, -0.15) is 0 Å². The Labute approximate surface area is 113 Å². The molecule has 18 heavy (non-hydrogen) atoms. The number of hydrogen-bond acceptors (Lipinski definition) is 3. The summed E-state index contributed by atoms with van der Waals surface area (Å²) >= 11 is 3.42. The Morgan fingerprint density at radius 2 is 2.17 bits per heavy atom. The van der Waals surface area contributed by atoms with Crippen LogP contribution in [0.15, 0.2) is 51.8 Å². The molecule has 0 radical (unpaired) electrons. The summed E-state index contributed by atoms with van der Waals surface area (Å²) in [5, 5.41) is 0. The molecule has 92 valence electrons. The van der Waals surface area contributed by atoms with Crippen molar-refractivity contribution in [2.45, 2.75) is 12.6 Å². The quantitative estimate of drug-likeness (QED) is 0.809. The van der Waals surface area contributed by atoms with E-state index in [1.54, 1.807) is 12.6 Å². The van der Waals surface area contributed by atoms with Crippen molar-refractivity contribution >= 4 is 27.0 Å². The third-order valence-corrected chi connectivity index (χ3v) is 3.56. The second-order valence-corrected chi connectivity index (χ2v) is 4.98. The van der Waals surface area contributed by atoms with E-state index in [2.05, 4.69) is 20.9 Å².